The van der Waals surface area contributed by atoms with Crippen molar-refractivity contribution in [2.45, 2.75) is 38.0 Å². The van der Waals surface area contributed by atoms with Crippen LogP contribution in [0.25, 0.3) is 0 Å². The Bertz CT molecular complexity index is 474. The van der Waals surface area contributed by atoms with Crippen LogP contribution in [0.3, 0.4) is 0 Å². The van der Waals surface area contributed by atoms with Crippen LogP contribution in [0.1, 0.15) is 24.8 Å². The number of hydrogen-bond acceptors (Lipinski definition) is 4. The number of rotatable bonds is 6. The van der Waals surface area contributed by atoms with Crippen LogP contribution in [0.4, 0.5) is 0 Å². The average Bonchev–Trinajstić information content (AvgIpc) is 2.86. The zero-order chi connectivity index (χ0) is 15.5. The van der Waals surface area contributed by atoms with Crippen molar-refractivity contribution in [1.29, 1.82) is 0 Å². The third kappa shape index (κ3) is 3.62. The Morgan fingerprint density at radius 1 is 1.23 bits per heavy atom. The fourth-order valence-electron chi connectivity index (χ4n) is 3.82. The van der Waals surface area contributed by atoms with E-state index < -0.39 is 0 Å². The molecule has 22 heavy (non-hydrogen) atoms. The molecule has 1 heterocycles. The third-order valence-electron chi connectivity index (χ3n) is 5.15. The zero-order valence-corrected chi connectivity index (χ0v) is 13.9. The molecule has 1 saturated heterocycles. The van der Waals surface area contributed by atoms with Crippen LogP contribution < -0.4 is 10.5 Å². The van der Waals surface area contributed by atoms with E-state index in [9.17, 15) is 0 Å². The maximum absolute atomic E-state index is 6.28. The highest BCUT2D eigenvalue weighted by Gasteiger charge is 2.41. The van der Waals surface area contributed by atoms with E-state index in [1.165, 1.54) is 32.4 Å². The van der Waals surface area contributed by atoms with Gasteiger partial charge >= 0.3 is 0 Å². The van der Waals surface area contributed by atoms with Crippen LogP contribution in [-0.2, 0) is 6.54 Å². The van der Waals surface area contributed by atoms with Crippen LogP contribution in [0.15, 0.2) is 24.3 Å². The van der Waals surface area contributed by atoms with Crippen molar-refractivity contribution in [2.24, 2.45) is 11.7 Å². The molecule has 3 unspecified atom stereocenters. The number of hydrogen-bond donors (Lipinski definition) is 1. The quantitative estimate of drug-likeness (QED) is 0.872. The van der Waals surface area contributed by atoms with Gasteiger partial charge in [0.25, 0.3) is 0 Å². The Kier molecular flexibility index (Phi) is 5.01. The molecule has 0 radical (unpaired) electrons. The van der Waals surface area contributed by atoms with Crippen molar-refractivity contribution < 1.29 is 4.74 Å². The molecular formula is C18H29N3O. The number of nitrogens with zero attached hydrogens (tertiary/aromatic N) is 2. The minimum absolute atomic E-state index is 0.379. The molecule has 1 saturated carbocycles. The molecule has 2 fully saturated rings. The highest BCUT2D eigenvalue weighted by Crippen LogP contribution is 2.37. The monoisotopic (exact) mass is 303 g/mol. The lowest BCUT2D eigenvalue weighted by atomic mass is 9.87. The molecule has 4 heteroatoms. The van der Waals surface area contributed by atoms with E-state index in [1.807, 2.05) is 0 Å². The average molecular weight is 303 g/mol. The van der Waals surface area contributed by atoms with Crippen molar-refractivity contribution in [1.82, 2.24) is 9.80 Å². The summed E-state index contributed by atoms with van der Waals surface area (Å²) in [6.45, 7) is 4.13. The number of likely N-dealkylation sites (tertiary alicyclic amines) is 1. The van der Waals surface area contributed by atoms with Crippen molar-refractivity contribution in [3.05, 3.63) is 29.8 Å². The Morgan fingerprint density at radius 3 is 2.68 bits per heavy atom. The van der Waals surface area contributed by atoms with E-state index in [2.05, 4.69) is 48.2 Å². The minimum atomic E-state index is 0.379. The zero-order valence-electron chi connectivity index (χ0n) is 13.9. The smallest absolute Gasteiger partial charge is 0.119 e. The van der Waals surface area contributed by atoms with Gasteiger partial charge in [-0.15, -0.1) is 0 Å². The number of ether oxygens (including phenoxy) is 1. The highest BCUT2D eigenvalue weighted by molar-refractivity contribution is 5.27. The van der Waals surface area contributed by atoms with Crippen LogP contribution >= 0.6 is 0 Å². The van der Waals surface area contributed by atoms with Crippen molar-refractivity contribution in [3.8, 4) is 5.75 Å². The van der Waals surface area contributed by atoms with E-state index >= 15 is 0 Å². The van der Waals surface area contributed by atoms with E-state index in [-0.39, 0.29) is 0 Å². The Morgan fingerprint density at radius 2 is 2.00 bits per heavy atom. The molecule has 122 valence electrons. The summed E-state index contributed by atoms with van der Waals surface area (Å²) in [6.07, 6.45) is 4.14. The predicted octanol–water partition coefficient (Wildman–Crippen LogP) is 1.94. The molecule has 3 rings (SSSR count). The van der Waals surface area contributed by atoms with Crippen LogP contribution in [-0.4, -0.2) is 55.7 Å². The summed E-state index contributed by atoms with van der Waals surface area (Å²) in [6, 6.07) is 9.04. The SMILES string of the molecule is CN(C)CCN1CC2CC1CCC2Oc1ccc(CN)cc1. The molecule has 2 bridgehead atoms. The normalized spacial score (nSPS) is 28.3. The van der Waals surface area contributed by atoms with Crippen LogP contribution in [0.2, 0.25) is 0 Å². The van der Waals surface area contributed by atoms with Gasteiger partial charge in [0.15, 0.2) is 0 Å². The Balaban J connectivity index is 1.56. The largest absolute Gasteiger partial charge is 0.490 e. The minimum Gasteiger partial charge on any atom is -0.490 e. The summed E-state index contributed by atoms with van der Waals surface area (Å²) in [5.74, 6) is 1.68. The maximum Gasteiger partial charge on any atom is 0.119 e. The van der Waals surface area contributed by atoms with E-state index in [0.29, 0.717) is 18.6 Å². The Hall–Kier alpha value is -1.10. The molecule has 1 aliphatic carbocycles. The first-order chi connectivity index (χ1) is 10.7. The summed E-state index contributed by atoms with van der Waals surface area (Å²) in [7, 11) is 4.30. The predicted molar refractivity (Wildman–Crippen MR) is 90.0 cm³/mol. The highest BCUT2D eigenvalue weighted by atomic mass is 16.5. The molecule has 4 nitrogen and oxygen atoms in total. The fraction of sp³-hybridized carbons (Fsp3) is 0.667. The molecule has 1 aromatic rings. The van der Waals surface area contributed by atoms with Crippen LogP contribution in [0, 0.1) is 5.92 Å². The summed E-state index contributed by atoms with van der Waals surface area (Å²) < 4.78 is 6.28. The summed E-state index contributed by atoms with van der Waals surface area (Å²) in [5, 5.41) is 0. The second-order valence-corrected chi connectivity index (χ2v) is 7.03. The second kappa shape index (κ2) is 6.99. The first-order valence-corrected chi connectivity index (χ1v) is 8.50. The molecule has 0 amide bonds. The first-order valence-electron chi connectivity index (χ1n) is 8.50. The standard InChI is InChI=1S/C18H29N3O/c1-20(2)9-10-21-13-15-11-16(21)5-8-18(15)22-17-6-3-14(12-19)4-7-17/h3-4,6-7,15-16,18H,5,8-13,19H2,1-2H3. The van der Waals surface area contributed by atoms with Gasteiger partial charge < -0.3 is 15.4 Å². The lowest BCUT2D eigenvalue weighted by Crippen LogP contribution is -2.35. The van der Waals surface area contributed by atoms with Gasteiger partial charge in [0, 0.05) is 38.1 Å². The molecule has 2 N–H and O–H groups in total. The number of benzene rings is 1. The van der Waals surface area contributed by atoms with Gasteiger partial charge in [-0.25, -0.2) is 0 Å². The number of fused-ring (bicyclic) bond motifs is 2. The summed E-state index contributed by atoms with van der Waals surface area (Å²) in [4.78, 5) is 4.95. The van der Waals surface area contributed by atoms with Crippen molar-refractivity contribution >= 4 is 0 Å². The van der Waals surface area contributed by atoms with Crippen LogP contribution in [0.5, 0.6) is 5.75 Å². The topological polar surface area (TPSA) is 41.7 Å². The van der Waals surface area contributed by atoms with Gasteiger partial charge in [-0.2, -0.15) is 0 Å². The molecule has 3 atom stereocenters. The fourth-order valence-corrected chi connectivity index (χ4v) is 3.82. The van der Waals surface area contributed by atoms with E-state index in [4.69, 9.17) is 10.5 Å². The van der Waals surface area contributed by atoms with Gasteiger partial charge in [0.1, 0.15) is 11.9 Å². The van der Waals surface area contributed by atoms with Crippen molar-refractivity contribution in [2.75, 3.05) is 33.7 Å². The lowest BCUT2D eigenvalue weighted by molar-refractivity contribution is 0.113. The maximum atomic E-state index is 6.28. The van der Waals surface area contributed by atoms with Gasteiger partial charge in [-0.3, -0.25) is 4.90 Å². The summed E-state index contributed by atoms with van der Waals surface area (Å²) in [5.41, 5.74) is 6.81. The molecular weight excluding hydrogens is 274 g/mol. The molecule has 2 aliphatic rings. The third-order valence-corrected chi connectivity index (χ3v) is 5.15. The van der Waals surface area contributed by atoms with E-state index in [1.54, 1.807) is 0 Å². The number of nitrogens with two attached hydrogens (primary N) is 1. The summed E-state index contributed by atoms with van der Waals surface area (Å²) >= 11 is 0. The molecule has 1 aromatic carbocycles. The molecule has 0 spiro atoms. The van der Waals surface area contributed by atoms with Crippen molar-refractivity contribution in [3.63, 3.8) is 0 Å². The van der Waals surface area contributed by atoms with Gasteiger partial charge in [-0.1, -0.05) is 12.1 Å². The van der Waals surface area contributed by atoms with Gasteiger partial charge in [-0.05, 0) is 51.1 Å². The van der Waals surface area contributed by atoms with Gasteiger partial charge in [0.2, 0.25) is 0 Å². The first kappa shape index (κ1) is 15.8. The molecule has 0 aromatic heterocycles. The second-order valence-electron chi connectivity index (χ2n) is 7.03. The van der Waals surface area contributed by atoms with Gasteiger partial charge in [0.05, 0.1) is 0 Å². The Labute approximate surface area is 134 Å². The lowest BCUT2D eigenvalue weighted by Gasteiger charge is -2.29. The molecule has 1 aliphatic heterocycles. The number of likely N-dealkylation sites (N-methyl/N-ethyl adjacent to an activating group) is 1. The van der Waals surface area contributed by atoms with E-state index in [0.717, 1.165) is 23.9 Å².